The van der Waals surface area contributed by atoms with Crippen LogP contribution in [0, 0.1) is 0 Å². The molecule has 0 aliphatic rings. The third-order valence-electron chi connectivity index (χ3n) is 3.80. The molecule has 1 heterocycles. The van der Waals surface area contributed by atoms with Crippen molar-refractivity contribution in [2.75, 3.05) is 7.11 Å². The number of hydrogen-bond donors (Lipinski definition) is 1. The van der Waals surface area contributed by atoms with Crippen molar-refractivity contribution in [2.24, 2.45) is 0 Å². The topological polar surface area (TPSA) is 64.1 Å². The summed E-state index contributed by atoms with van der Waals surface area (Å²) in [7, 11) is 1.64. The van der Waals surface area contributed by atoms with Gasteiger partial charge in [-0.15, -0.1) is 0 Å². The molecule has 2 aromatic carbocycles. The van der Waals surface area contributed by atoms with E-state index in [1.165, 1.54) is 0 Å². The van der Waals surface area contributed by atoms with Gasteiger partial charge in [-0.25, -0.2) is 0 Å². The van der Waals surface area contributed by atoms with Crippen molar-refractivity contribution in [1.29, 1.82) is 0 Å². The number of carbonyl (C=O) groups is 1. The molecule has 122 valence electrons. The highest BCUT2D eigenvalue weighted by molar-refractivity contribution is 5.77. The van der Waals surface area contributed by atoms with Gasteiger partial charge in [-0.2, -0.15) is 0 Å². The predicted molar refractivity (Wildman–Crippen MR) is 92.7 cm³/mol. The molecule has 0 bridgehead atoms. The maximum Gasteiger partial charge on any atom is 0.220 e. The molecule has 1 amide bonds. The first kappa shape index (κ1) is 15.9. The zero-order valence-corrected chi connectivity index (χ0v) is 13.5. The number of ether oxygens (including phenoxy) is 1. The second-order valence-corrected chi connectivity index (χ2v) is 5.51. The molecule has 0 spiro atoms. The molecular formula is C19H19N3O2. The van der Waals surface area contributed by atoms with Crippen molar-refractivity contribution in [2.45, 2.75) is 19.4 Å². The van der Waals surface area contributed by atoms with Crippen LogP contribution in [-0.4, -0.2) is 23.0 Å². The highest BCUT2D eigenvalue weighted by atomic mass is 16.5. The van der Waals surface area contributed by atoms with Gasteiger partial charge in [0.05, 0.1) is 18.1 Å². The van der Waals surface area contributed by atoms with Crippen LogP contribution in [-0.2, 0) is 17.8 Å². The molecule has 0 saturated carbocycles. The molecule has 0 unspecified atom stereocenters. The lowest BCUT2D eigenvalue weighted by Gasteiger charge is -2.07. The molecule has 0 saturated heterocycles. The van der Waals surface area contributed by atoms with Crippen LogP contribution in [0.25, 0.3) is 11.0 Å². The molecule has 0 fully saturated rings. The summed E-state index contributed by atoms with van der Waals surface area (Å²) in [5.41, 5.74) is 3.79. The zero-order valence-electron chi connectivity index (χ0n) is 13.5. The summed E-state index contributed by atoms with van der Waals surface area (Å²) in [5.74, 6) is 0.835. The fourth-order valence-corrected chi connectivity index (χ4v) is 2.49. The van der Waals surface area contributed by atoms with Gasteiger partial charge in [-0.05, 0) is 41.8 Å². The Hall–Kier alpha value is -2.95. The molecule has 5 heteroatoms. The predicted octanol–water partition coefficient (Wildman–Crippen LogP) is 2.89. The van der Waals surface area contributed by atoms with E-state index in [0.717, 1.165) is 27.9 Å². The number of rotatable bonds is 6. The number of fused-ring (bicyclic) bond motifs is 1. The van der Waals surface area contributed by atoms with Crippen molar-refractivity contribution in [3.63, 3.8) is 0 Å². The number of amides is 1. The van der Waals surface area contributed by atoms with Crippen LogP contribution in [0.3, 0.4) is 0 Å². The van der Waals surface area contributed by atoms with Crippen LogP contribution in [0.4, 0.5) is 0 Å². The fraction of sp³-hybridized carbons (Fsp3) is 0.211. The lowest BCUT2D eigenvalue weighted by molar-refractivity contribution is -0.121. The number of aromatic nitrogens is 2. The molecule has 0 aliphatic heterocycles. The Morgan fingerprint density at radius 1 is 1.04 bits per heavy atom. The molecule has 1 aromatic heterocycles. The second kappa shape index (κ2) is 7.55. The Kier molecular flexibility index (Phi) is 5.01. The molecule has 3 aromatic rings. The summed E-state index contributed by atoms with van der Waals surface area (Å²) in [4.78, 5) is 20.5. The van der Waals surface area contributed by atoms with E-state index in [1.54, 1.807) is 19.5 Å². The first-order chi connectivity index (χ1) is 11.7. The summed E-state index contributed by atoms with van der Waals surface area (Å²) >= 11 is 0. The van der Waals surface area contributed by atoms with E-state index in [9.17, 15) is 4.79 Å². The summed E-state index contributed by atoms with van der Waals surface area (Å²) < 4.78 is 5.19. The van der Waals surface area contributed by atoms with Gasteiger partial charge in [0.2, 0.25) is 5.91 Å². The third kappa shape index (κ3) is 4.07. The van der Waals surface area contributed by atoms with Gasteiger partial charge < -0.3 is 10.1 Å². The van der Waals surface area contributed by atoms with Crippen LogP contribution >= 0.6 is 0 Å². The van der Waals surface area contributed by atoms with Crippen molar-refractivity contribution >= 4 is 16.9 Å². The van der Waals surface area contributed by atoms with Gasteiger partial charge in [0.15, 0.2) is 0 Å². The lowest BCUT2D eigenvalue weighted by Crippen LogP contribution is -2.23. The van der Waals surface area contributed by atoms with Gasteiger partial charge in [0.25, 0.3) is 0 Å². The summed E-state index contributed by atoms with van der Waals surface area (Å²) in [6.45, 7) is 0.490. The first-order valence-electron chi connectivity index (χ1n) is 7.84. The van der Waals surface area contributed by atoms with Crippen LogP contribution in [0.1, 0.15) is 17.5 Å². The zero-order chi connectivity index (χ0) is 16.8. The number of methoxy groups -OCH3 is 1. The van der Waals surface area contributed by atoms with E-state index < -0.39 is 0 Å². The van der Waals surface area contributed by atoms with E-state index in [2.05, 4.69) is 15.3 Å². The largest absolute Gasteiger partial charge is 0.497 e. The highest BCUT2D eigenvalue weighted by Crippen LogP contribution is 2.14. The second-order valence-electron chi connectivity index (χ2n) is 5.51. The Bertz CT molecular complexity index is 849. The van der Waals surface area contributed by atoms with Gasteiger partial charge in [-0.1, -0.05) is 18.2 Å². The summed E-state index contributed by atoms with van der Waals surface area (Å²) in [6, 6.07) is 13.6. The number of benzene rings is 2. The fourth-order valence-electron chi connectivity index (χ4n) is 2.49. The van der Waals surface area contributed by atoms with Crippen LogP contribution in [0.5, 0.6) is 5.75 Å². The summed E-state index contributed by atoms with van der Waals surface area (Å²) in [6.07, 6.45) is 4.47. The summed E-state index contributed by atoms with van der Waals surface area (Å²) in [5, 5.41) is 2.94. The normalized spacial score (nSPS) is 10.5. The van der Waals surface area contributed by atoms with Crippen LogP contribution in [0.15, 0.2) is 54.9 Å². The number of nitrogens with zero attached hydrogens (tertiary/aromatic N) is 2. The minimum absolute atomic E-state index is 0.0251. The van der Waals surface area contributed by atoms with Crippen molar-refractivity contribution < 1.29 is 9.53 Å². The minimum Gasteiger partial charge on any atom is -0.497 e. The van der Waals surface area contributed by atoms with Crippen LogP contribution < -0.4 is 10.1 Å². The Morgan fingerprint density at radius 2 is 1.88 bits per heavy atom. The van der Waals surface area contributed by atoms with Crippen molar-refractivity contribution in [3.8, 4) is 5.75 Å². The van der Waals surface area contributed by atoms with E-state index in [0.29, 0.717) is 19.4 Å². The smallest absolute Gasteiger partial charge is 0.220 e. The molecule has 24 heavy (non-hydrogen) atoms. The highest BCUT2D eigenvalue weighted by Gasteiger charge is 2.04. The molecule has 0 atom stereocenters. The number of aryl methyl sites for hydroxylation is 1. The van der Waals surface area contributed by atoms with E-state index in [1.807, 2.05) is 42.5 Å². The van der Waals surface area contributed by atoms with Gasteiger partial charge in [0.1, 0.15) is 5.75 Å². The Balaban J connectivity index is 1.52. The van der Waals surface area contributed by atoms with E-state index in [4.69, 9.17) is 4.74 Å². The quantitative estimate of drug-likeness (QED) is 0.758. The average molecular weight is 321 g/mol. The molecule has 0 aliphatic carbocycles. The molecular weight excluding hydrogens is 302 g/mol. The maximum absolute atomic E-state index is 12.0. The standard InChI is InChI=1S/C19H19N3O2/c1-24-16-4-2-3-14(11-16)6-8-19(23)22-13-15-5-7-17-18(12-15)21-10-9-20-17/h2-5,7,9-12H,6,8,13H2,1H3,(H,22,23). The number of hydrogen-bond acceptors (Lipinski definition) is 4. The minimum atomic E-state index is 0.0251. The van der Waals surface area contributed by atoms with Crippen molar-refractivity contribution in [1.82, 2.24) is 15.3 Å². The van der Waals surface area contributed by atoms with E-state index >= 15 is 0 Å². The lowest BCUT2D eigenvalue weighted by atomic mass is 10.1. The SMILES string of the molecule is COc1cccc(CCC(=O)NCc2ccc3nccnc3c2)c1. The maximum atomic E-state index is 12.0. The molecule has 1 N–H and O–H groups in total. The van der Waals surface area contributed by atoms with Gasteiger partial charge in [-0.3, -0.25) is 14.8 Å². The average Bonchev–Trinajstić information content (AvgIpc) is 2.64. The molecule has 3 rings (SSSR count). The number of nitrogens with one attached hydrogen (secondary N) is 1. The molecule has 0 radical (unpaired) electrons. The Labute approximate surface area is 140 Å². The van der Waals surface area contributed by atoms with Gasteiger partial charge in [0, 0.05) is 25.4 Å². The number of carbonyl (C=O) groups excluding carboxylic acids is 1. The monoisotopic (exact) mass is 321 g/mol. The third-order valence-corrected chi connectivity index (χ3v) is 3.80. The first-order valence-corrected chi connectivity index (χ1v) is 7.84. The van der Waals surface area contributed by atoms with Gasteiger partial charge >= 0.3 is 0 Å². The van der Waals surface area contributed by atoms with E-state index in [-0.39, 0.29) is 5.91 Å². The van der Waals surface area contributed by atoms with Crippen molar-refractivity contribution in [3.05, 3.63) is 66.0 Å². The van der Waals surface area contributed by atoms with Crippen LogP contribution in [0.2, 0.25) is 0 Å². The Morgan fingerprint density at radius 3 is 2.71 bits per heavy atom. The molecule has 5 nitrogen and oxygen atoms in total.